The first kappa shape index (κ1) is 23.5. The summed E-state index contributed by atoms with van der Waals surface area (Å²) in [6.45, 7) is 2.91. The summed E-state index contributed by atoms with van der Waals surface area (Å²) in [5.74, 6) is 0.179. The van der Waals surface area contributed by atoms with Crippen molar-refractivity contribution in [3.8, 4) is 11.3 Å². The van der Waals surface area contributed by atoms with Crippen molar-refractivity contribution in [2.24, 2.45) is 0 Å². The van der Waals surface area contributed by atoms with Gasteiger partial charge in [-0.25, -0.2) is 13.4 Å². The summed E-state index contributed by atoms with van der Waals surface area (Å²) >= 11 is 1.23. The number of sulfone groups is 1. The zero-order valence-corrected chi connectivity index (χ0v) is 19.1. The van der Waals surface area contributed by atoms with Crippen LogP contribution in [0.1, 0.15) is 27.4 Å². The number of amides is 1. The fourth-order valence-corrected chi connectivity index (χ4v) is 5.41. The zero-order chi connectivity index (χ0) is 23.8. The lowest BCUT2D eigenvalue weighted by Gasteiger charge is -2.25. The van der Waals surface area contributed by atoms with E-state index in [0.29, 0.717) is 30.5 Å². The van der Waals surface area contributed by atoms with E-state index in [1.54, 1.807) is 12.3 Å². The molecule has 12 heteroatoms. The van der Waals surface area contributed by atoms with Gasteiger partial charge in [0, 0.05) is 30.6 Å². The third-order valence-corrected chi connectivity index (χ3v) is 7.65. The maximum Gasteiger partial charge on any atom is 0.416 e. The van der Waals surface area contributed by atoms with Crippen molar-refractivity contribution in [2.75, 3.05) is 29.9 Å². The van der Waals surface area contributed by atoms with Crippen LogP contribution in [0.25, 0.3) is 11.3 Å². The Bertz CT molecular complexity index is 1270. The van der Waals surface area contributed by atoms with Crippen LogP contribution in [0.4, 0.5) is 18.3 Å². The Morgan fingerprint density at radius 2 is 1.97 bits per heavy atom. The number of nitrogens with one attached hydrogen (secondary N) is 1. The van der Waals surface area contributed by atoms with Crippen LogP contribution in [0, 0.1) is 6.92 Å². The number of aromatic nitrogens is 1. The predicted molar refractivity (Wildman–Crippen MR) is 118 cm³/mol. The second-order valence-corrected chi connectivity index (χ2v) is 10.8. The lowest BCUT2D eigenvalue weighted by Crippen LogP contribution is -2.39. The van der Waals surface area contributed by atoms with Crippen LogP contribution in [0.5, 0.6) is 0 Å². The summed E-state index contributed by atoms with van der Waals surface area (Å²) in [5.41, 5.74) is 0.317. The van der Waals surface area contributed by atoms with E-state index in [-0.39, 0.29) is 34.2 Å². The first-order valence-corrected chi connectivity index (χ1v) is 12.7. The number of benzene rings is 1. The molecule has 1 amide bonds. The number of thiazole rings is 1. The van der Waals surface area contributed by atoms with Crippen LogP contribution >= 0.6 is 11.3 Å². The first-order chi connectivity index (χ1) is 15.5. The number of carbonyl (C=O) groups is 1. The molecule has 0 bridgehead atoms. The van der Waals surface area contributed by atoms with Crippen LogP contribution < -0.4 is 5.32 Å². The molecule has 1 saturated heterocycles. The second-order valence-electron chi connectivity index (χ2n) is 7.69. The van der Waals surface area contributed by atoms with Gasteiger partial charge < -0.3 is 4.42 Å². The molecule has 0 saturated carbocycles. The Morgan fingerprint density at radius 1 is 1.24 bits per heavy atom. The van der Waals surface area contributed by atoms with Crippen molar-refractivity contribution < 1.29 is 30.8 Å². The molecule has 0 spiro atoms. The molecule has 4 rings (SSSR count). The quantitative estimate of drug-likeness (QED) is 0.565. The van der Waals surface area contributed by atoms with Crippen LogP contribution in [0.3, 0.4) is 0 Å². The normalized spacial score (nSPS) is 16.6. The van der Waals surface area contributed by atoms with E-state index in [1.165, 1.54) is 29.5 Å². The molecule has 1 N–H and O–H groups in total. The number of halogens is 3. The standard InChI is InChI=1S/C21H20F3N3O4S2/c1-13-17(10-18(31-13)14-3-2-4-15(9-14)21(22,23)24)19(28)26-20-25-16(12-32-20)11-27-5-7-33(29,30)8-6-27/h2-4,9-10,12H,5-8,11H2,1H3,(H,25,26,28). The summed E-state index contributed by atoms with van der Waals surface area (Å²) in [6.07, 6.45) is -4.48. The van der Waals surface area contributed by atoms with Crippen molar-refractivity contribution in [3.63, 3.8) is 0 Å². The molecule has 1 aliphatic heterocycles. The number of hydrogen-bond donors (Lipinski definition) is 1. The summed E-state index contributed by atoms with van der Waals surface area (Å²) in [4.78, 5) is 19.1. The van der Waals surface area contributed by atoms with Gasteiger partial charge in [-0.15, -0.1) is 11.3 Å². The molecule has 0 atom stereocenters. The van der Waals surface area contributed by atoms with Gasteiger partial charge >= 0.3 is 6.18 Å². The Kier molecular flexibility index (Phi) is 6.34. The molecule has 1 aliphatic rings. The summed E-state index contributed by atoms with van der Waals surface area (Å²) in [7, 11) is -2.96. The van der Waals surface area contributed by atoms with Gasteiger partial charge in [-0.1, -0.05) is 12.1 Å². The predicted octanol–water partition coefficient (Wildman–Crippen LogP) is 4.21. The van der Waals surface area contributed by atoms with Gasteiger partial charge in [-0.2, -0.15) is 13.2 Å². The van der Waals surface area contributed by atoms with Gasteiger partial charge in [0.1, 0.15) is 11.5 Å². The molecule has 1 aromatic carbocycles. The zero-order valence-electron chi connectivity index (χ0n) is 17.5. The number of anilines is 1. The van der Waals surface area contributed by atoms with Crippen molar-refractivity contribution in [1.82, 2.24) is 9.88 Å². The second kappa shape index (κ2) is 8.92. The van der Waals surface area contributed by atoms with Gasteiger partial charge in [0.15, 0.2) is 15.0 Å². The minimum absolute atomic E-state index is 0.120. The van der Waals surface area contributed by atoms with Crippen LogP contribution in [-0.2, 0) is 22.6 Å². The smallest absolute Gasteiger partial charge is 0.416 e. The van der Waals surface area contributed by atoms with E-state index >= 15 is 0 Å². The number of rotatable bonds is 5. The third kappa shape index (κ3) is 5.63. The fourth-order valence-electron chi connectivity index (χ4n) is 3.44. The number of nitrogens with zero attached hydrogens (tertiary/aromatic N) is 2. The van der Waals surface area contributed by atoms with Crippen LogP contribution in [0.15, 0.2) is 40.1 Å². The van der Waals surface area contributed by atoms with Gasteiger partial charge in [-0.05, 0) is 25.1 Å². The van der Waals surface area contributed by atoms with Gasteiger partial charge in [-0.3, -0.25) is 15.0 Å². The minimum Gasteiger partial charge on any atom is -0.461 e. The number of carbonyl (C=O) groups excluding carboxylic acids is 1. The van der Waals surface area contributed by atoms with E-state index in [4.69, 9.17) is 4.42 Å². The summed E-state index contributed by atoms with van der Waals surface area (Å²) < 4.78 is 67.6. The van der Waals surface area contributed by atoms with Crippen molar-refractivity contribution in [2.45, 2.75) is 19.6 Å². The van der Waals surface area contributed by atoms with E-state index < -0.39 is 27.5 Å². The lowest BCUT2D eigenvalue weighted by molar-refractivity contribution is -0.137. The largest absolute Gasteiger partial charge is 0.461 e. The summed E-state index contributed by atoms with van der Waals surface area (Å²) in [6, 6.07) is 6.11. The topological polar surface area (TPSA) is 92.5 Å². The van der Waals surface area contributed by atoms with E-state index in [9.17, 15) is 26.4 Å². The first-order valence-electron chi connectivity index (χ1n) is 9.97. The van der Waals surface area contributed by atoms with Crippen molar-refractivity contribution in [1.29, 1.82) is 0 Å². The highest BCUT2D eigenvalue weighted by Gasteiger charge is 2.31. The number of furan rings is 1. The molecule has 0 unspecified atom stereocenters. The highest BCUT2D eigenvalue weighted by molar-refractivity contribution is 7.91. The molecule has 33 heavy (non-hydrogen) atoms. The minimum atomic E-state index is -4.48. The van der Waals surface area contributed by atoms with E-state index in [1.807, 2.05) is 4.90 Å². The Labute approximate surface area is 192 Å². The highest BCUT2D eigenvalue weighted by atomic mass is 32.2. The Morgan fingerprint density at radius 3 is 2.67 bits per heavy atom. The molecule has 176 valence electrons. The molecular weight excluding hydrogens is 479 g/mol. The van der Waals surface area contributed by atoms with Gasteiger partial charge in [0.2, 0.25) is 0 Å². The molecule has 0 radical (unpaired) electrons. The number of alkyl halides is 3. The average Bonchev–Trinajstić information content (AvgIpc) is 3.35. The van der Waals surface area contributed by atoms with Gasteiger partial charge in [0.25, 0.3) is 5.91 Å². The molecule has 0 aliphatic carbocycles. The molecule has 3 heterocycles. The highest BCUT2D eigenvalue weighted by Crippen LogP contribution is 2.33. The van der Waals surface area contributed by atoms with Crippen LogP contribution in [0.2, 0.25) is 0 Å². The summed E-state index contributed by atoms with van der Waals surface area (Å²) in [5, 5.41) is 4.83. The molecule has 3 aromatic rings. The number of hydrogen-bond acceptors (Lipinski definition) is 7. The number of aryl methyl sites for hydroxylation is 1. The van der Waals surface area contributed by atoms with Crippen LogP contribution in [-0.4, -0.2) is 48.8 Å². The lowest BCUT2D eigenvalue weighted by atomic mass is 10.1. The molecular formula is C21H20F3N3O4S2. The Balaban J connectivity index is 1.43. The maximum absolute atomic E-state index is 13.0. The molecule has 1 fully saturated rings. The SMILES string of the molecule is Cc1oc(-c2cccc(C(F)(F)F)c2)cc1C(=O)Nc1nc(CN2CCS(=O)(=O)CC2)cs1. The van der Waals surface area contributed by atoms with Crippen molar-refractivity contribution >= 4 is 32.2 Å². The maximum atomic E-state index is 13.0. The molecule has 7 nitrogen and oxygen atoms in total. The average molecular weight is 500 g/mol. The van der Waals surface area contributed by atoms with E-state index in [0.717, 1.165) is 12.1 Å². The monoisotopic (exact) mass is 499 g/mol. The van der Waals surface area contributed by atoms with Crippen molar-refractivity contribution in [3.05, 3.63) is 58.3 Å². The molecule has 2 aromatic heterocycles. The van der Waals surface area contributed by atoms with E-state index in [2.05, 4.69) is 10.3 Å². The van der Waals surface area contributed by atoms with Gasteiger partial charge in [0.05, 0.1) is 28.3 Å². The Hall–Kier alpha value is -2.70. The third-order valence-electron chi connectivity index (χ3n) is 5.23. The fraction of sp³-hybridized carbons (Fsp3) is 0.333.